The lowest BCUT2D eigenvalue weighted by molar-refractivity contribution is -0.113. The van der Waals surface area contributed by atoms with E-state index in [-0.39, 0.29) is 17.2 Å². The highest BCUT2D eigenvalue weighted by molar-refractivity contribution is 8.00. The smallest absolute Gasteiger partial charge is 0.272 e. The van der Waals surface area contributed by atoms with E-state index in [4.69, 9.17) is 4.98 Å². The summed E-state index contributed by atoms with van der Waals surface area (Å²) < 4.78 is 1.60. The summed E-state index contributed by atoms with van der Waals surface area (Å²) in [5, 5.41) is 12.9. The topological polar surface area (TPSA) is 89.8 Å². The maximum absolute atomic E-state index is 13.2. The highest BCUT2D eigenvalue weighted by Gasteiger charge is 2.27. The Kier molecular flexibility index (Phi) is 6.02. The lowest BCUT2D eigenvalue weighted by Gasteiger charge is -2.13. The van der Waals surface area contributed by atoms with Gasteiger partial charge in [-0.15, -0.1) is 22.0 Å². The Balaban J connectivity index is 1.59. The van der Waals surface area contributed by atoms with E-state index in [1.54, 1.807) is 16.3 Å². The molecule has 1 aliphatic heterocycles. The van der Waals surface area contributed by atoms with Gasteiger partial charge in [-0.2, -0.15) is 0 Å². The standard InChI is InChI=1S/C19H19N5O2S3/c1-3-15-22-23-18(29-15)21-14(25)10-27-19-20-13-9-11(2)28-16(13)17(26)24(19)12-7-5-4-6-8-12/h4-8,11H,3,9-10H2,1-2H3,(H,21,23,25). The van der Waals surface area contributed by atoms with Gasteiger partial charge in [-0.3, -0.25) is 19.5 Å². The third-order valence-corrected chi connectivity index (χ3v) is 7.38. The van der Waals surface area contributed by atoms with Crippen LogP contribution >= 0.6 is 34.9 Å². The Hall–Kier alpha value is -2.17. The first-order chi connectivity index (χ1) is 14.0. The number of aryl methyl sites for hydroxylation is 1. The predicted molar refractivity (Wildman–Crippen MR) is 117 cm³/mol. The number of para-hydroxylation sites is 1. The van der Waals surface area contributed by atoms with Crippen LogP contribution in [0.15, 0.2) is 45.2 Å². The van der Waals surface area contributed by atoms with Crippen LogP contribution in [0.4, 0.5) is 5.13 Å². The minimum atomic E-state index is -0.203. The number of carbonyl (C=O) groups is 1. The lowest BCUT2D eigenvalue weighted by Crippen LogP contribution is -2.24. The summed E-state index contributed by atoms with van der Waals surface area (Å²) in [5.41, 5.74) is 1.49. The molecular weight excluding hydrogens is 426 g/mol. The average molecular weight is 446 g/mol. The number of hydrogen-bond acceptors (Lipinski definition) is 8. The summed E-state index contributed by atoms with van der Waals surface area (Å²) in [6.07, 6.45) is 1.54. The molecule has 2 aromatic heterocycles. The molecule has 0 spiro atoms. The summed E-state index contributed by atoms with van der Waals surface area (Å²) >= 11 is 4.18. The van der Waals surface area contributed by atoms with Crippen molar-refractivity contribution >= 4 is 45.9 Å². The normalized spacial score (nSPS) is 15.3. The van der Waals surface area contributed by atoms with Crippen molar-refractivity contribution in [2.45, 2.75) is 42.0 Å². The average Bonchev–Trinajstić information content (AvgIpc) is 3.33. The van der Waals surface area contributed by atoms with E-state index in [9.17, 15) is 9.59 Å². The van der Waals surface area contributed by atoms with E-state index in [1.165, 1.54) is 23.1 Å². The highest BCUT2D eigenvalue weighted by Crippen LogP contribution is 2.34. The van der Waals surface area contributed by atoms with Crippen LogP contribution in [-0.2, 0) is 17.6 Å². The zero-order chi connectivity index (χ0) is 20.4. The molecule has 1 aromatic carbocycles. The molecule has 0 saturated carbocycles. The summed E-state index contributed by atoms with van der Waals surface area (Å²) in [5.74, 6) is -0.0761. The molecule has 1 aliphatic rings. The van der Waals surface area contributed by atoms with Crippen molar-refractivity contribution in [3.05, 3.63) is 51.4 Å². The van der Waals surface area contributed by atoms with Crippen LogP contribution in [0.2, 0.25) is 0 Å². The van der Waals surface area contributed by atoms with E-state index >= 15 is 0 Å². The van der Waals surface area contributed by atoms with Gasteiger partial charge in [-0.25, -0.2) is 4.98 Å². The number of anilines is 1. The van der Waals surface area contributed by atoms with Gasteiger partial charge in [0, 0.05) is 11.7 Å². The molecule has 3 aromatic rings. The first-order valence-corrected chi connectivity index (χ1v) is 11.9. The first-order valence-electron chi connectivity index (χ1n) is 9.18. The van der Waals surface area contributed by atoms with Crippen LogP contribution in [0.25, 0.3) is 5.69 Å². The van der Waals surface area contributed by atoms with Crippen LogP contribution in [-0.4, -0.2) is 36.7 Å². The zero-order valence-corrected chi connectivity index (χ0v) is 18.4. The Morgan fingerprint density at radius 2 is 2.10 bits per heavy atom. The molecule has 7 nitrogen and oxygen atoms in total. The van der Waals surface area contributed by atoms with Crippen LogP contribution < -0.4 is 10.9 Å². The van der Waals surface area contributed by atoms with E-state index < -0.39 is 0 Å². The number of benzene rings is 1. The molecule has 10 heteroatoms. The fraction of sp³-hybridized carbons (Fsp3) is 0.316. The number of carbonyl (C=O) groups excluding carboxylic acids is 1. The summed E-state index contributed by atoms with van der Waals surface area (Å²) in [7, 11) is 0. The zero-order valence-electron chi connectivity index (χ0n) is 15.9. The van der Waals surface area contributed by atoms with Crippen LogP contribution in [0, 0.1) is 0 Å². The first kappa shape index (κ1) is 20.1. The van der Waals surface area contributed by atoms with Gasteiger partial charge in [0.2, 0.25) is 11.0 Å². The number of hydrogen-bond donors (Lipinski definition) is 1. The quantitative estimate of drug-likeness (QED) is 0.459. The molecule has 1 atom stereocenters. The third-order valence-electron chi connectivity index (χ3n) is 4.24. The van der Waals surface area contributed by atoms with Crippen molar-refractivity contribution < 1.29 is 4.79 Å². The fourth-order valence-electron chi connectivity index (χ4n) is 2.93. The number of amides is 1. The molecule has 150 valence electrons. The van der Waals surface area contributed by atoms with Gasteiger partial charge in [0.05, 0.1) is 22.0 Å². The van der Waals surface area contributed by atoms with Gasteiger partial charge in [0.25, 0.3) is 5.56 Å². The largest absolute Gasteiger partial charge is 0.300 e. The number of nitrogens with one attached hydrogen (secondary N) is 1. The summed E-state index contributed by atoms with van der Waals surface area (Å²) in [6.45, 7) is 4.08. The van der Waals surface area contributed by atoms with E-state index in [1.807, 2.05) is 37.3 Å². The minimum Gasteiger partial charge on any atom is -0.300 e. The van der Waals surface area contributed by atoms with Gasteiger partial charge in [0.1, 0.15) is 5.01 Å². The Labute approximate surface area is 180 Å². The van der Waals surface area contributed by atoms with Crippen molar-refractivity contribution in [1.82, 2.24) is 19.7 Å². The molecule has 3 heterocycles. The summed E-state index contributed by atoms with van der Waals surface area (Å²) in [6, 6.07) is 9.41. The maximum Gasteiger partial charge on any atom is 0.272 e. The molecule has 0 aliphatic carbocycles. The molecule has 0 bridgehead atoms. The second kappa shape index (κ2) is 8.68. The SMILES string of the molecule is CCc1nnc(NC(=O)CSc2nc3c(c(=O)n2-c2ccccc2)SC(C)C3)s1. The number of thioether (sulfide) groups is 2. The van der Waals surface area contributed by atoms with E-state index in [0.717, 1.165) is 29.2 Å². The Bertz CT molecular complexity index is 1100. The molecule has 0 saturated heterocycles. The molecule has 0 radical (unpaired) electrons. The summed E-state index contributed by atoms with van der Waals surface area (Å²) in [4.78, 5) is 31.0. The molecule has 1 amide bonds. The third kappa shape index (κ3) is 4.39. The van der Waals surface area contributed by atoms with Crippen molar-refractivity contribution in [2.75, 3.05) is 11.1 Å². The van der Waals surface area contributed by atoms with Gasteiger partial charge in [0.15, 0.2) is 5.16 Å². The van der Waals surface area contributed by atoms with Gasteiger partial charge < -0.3 is 0 Å². The molecule has 1 unspecified atom stereocenters. The van der Waals surface area contributed by atoms with Crippen molar-refractivity contribution in [1.29, 1.82) is 0 Å². The van der Waals surface area contributed by atoms with Crippen molar-refractivity contribution in [3.8, 4) is 5.69 Å². The van der Waals surface area contributed by atoms with Gasteiger partial charge >= 0.3 is 0 Å². The number of aromatic nitrogens is 4. The van der Waals surface area contributed by atoms with Crippen LogP contribution in [0.5, 0.6) is 0 Å². The van der Waals surface area contributed by atoms with Crippen molar-refractivity contribution in [2.24, 2.45) is 0 Å². The minimum absolute atomic E-state index is 0.0739. The number of rotatable bonds is 6. The second-order valence-corrected chi connectivity index (χ2v) is 9.92. The molecular formula is C19H19N5O2S3. The Morgan fingerprint density at radius 3 is 2.83 bits per heavy atom. The molecule has 0 fully saturated rings. The monoisotopic (exact) mass is 445 g/mol. The van der Waals surface area contributed by atoms with Gasteiger partial charge in [-0.1, -0.05) is 55.1 Å². The van der Waals surface area contributed by atoms with E-state index in [0.29, 0.717) is 20.4 Å². The maximum atomic E-state index is 13.2. The molecule has 4 rings (SSSR count). The highest BCUT2D eigenvalue weighted by atomic mass is 32.2. The molecule has 29 heavy (non-hydrogen) atoms. The lowest BCUT2D eigenvalue weighted by atomic mass is 10.2. The number of fused-ring (bicyclic) bond motifs is 1. The van der Waals surface area contributed by atoms with E-state index in [2.05, 4.69) is 22.4 Å². The Morgan fingerprint density at radius 1 is 1.31 bits per heavy atom. The van der Waals surface area contributed by atoms with Crippen LogP contribution in [0.3, 0.4) is 0 Å². The predicted octanol–water partition coefficient (Wildman–Crippen LogP) is 3.41. The fourth-order valence-corrected chi connectivity index (χ4v) is 5.55. The number of nitrogens with zero attached hydrogens (tertiary/aromatic N) is 4. The van der Waals surface area contributed by atoms with Crippen LogP contribution in [0.1, 0.15) is 24.5 Å². The molecule has 1 N–H and O–H groups in total. The van der Waals surface area contributed by atoms with Gasteiger partial charge in [-0.05, 0) is 18.6 Å². The van der Waals surface area contributed by atoms with Crippen molar-refractivity contribution in [3.63, 3.8) is 0 Å². The second-order valence-electron chi connectivity index (χ2n) is 6.47.